The molecular formula is C25H21F2N3O2. The molecule has 1 atom stereocenters. The summed E-state index contributed by atoms with van der Waals surface area (Å²) in [5.74, 6) is -1.11. The van der Waals surface area contributed by atoms with E-state index < -0.39 is 11.6 Å². The molecule has 1 aliphatic rings. The van der Waals surface area contributed by atoms with Gasteiger partial charge in [0.25, 0.3) is 5.91 Å². The van der Waals surface area contributed by atoms with Crippen molar-refractivity contribution in [3.63, 3.8) is 0 Å². The van der Waals surface area contributed by atoms with Crippen LogP contribution >= 0.6 is 0 Å². The monoisotopic (exact) mass is 433 g/mol. The van der Waals surface area contributed by atoms with Gasteiger partial charge in [-0.2, -0.15) is 0 Å². The number of hydrogen-bond acceptors (Lipinski definition) is 3. The summed E-state index contributed by atoms with van der Waals surface area (Å²) in [5, 5.41) is 0.575. The van der Waals surface area contributed by atoms with E-state index in [0.717, 1.165) is 11.3 Å². The lowest BCUT2D eigenvalue weighted by Crippen LogP contribution is -2.26. The predicted octanol–water partition coefficient (Wildman–Crippen LogP) is 5.24. The third-order valence-electron chi connectivity index (χ3n) is 6.10. The molecule has 5 rings (SSSR count). The predicted molar refractivity (Wildman–Crippen MR) is 117 cm³/mol. The smallest absolute Gasteiger partial charge is 0.256 e. The Kier molecular flexibility index (Phi) is 4.69. The summed E-state index contributed by atoms with van der Waals surface area (Å²) in [5.41, 5.74) is 4.12. The minimum absolute atomic E-state index is 0.0756. The van der Waals surface area contributed by atoms with Gasteiger partial charge in [-0.3, -0.25) is 4.79 Å². The zero-order chi connectivity index (χ0) is 22.6. The Morgan fingerprint density at radius 1 is 1.03 bits per heavy atom. The van der Waals surface area contributed by atoms with Crippen molar-refractivity contribution in [2.45, 2.75) is 19.5 Å². The van der Waals surface area contributed by atoms with Gasteiger partial charge in [-0.05, 0) is 42.8 Å². The van der Waals surface area contributed by atoms with Crippen LogP contribution in [0.1, 0.15) is 34.6 Å². The average molecular weight is 433 g/mol. The Hall–Kier alpha value is -3.74. The molecule has 0 saturated heterocycles. The van der Waals surface area contributed by atoms with Crippen molar-refractivity contribution in [3.8, 4) is 17.0 Å². The van der Waals surface area contributed by atoms with Crippen LogP contribution in [0.3, 0.4) is 0 Å². The molecule has 1 unspecified atom stereocenters. The first-order valence-electron chi connectivity index (χ1n) is 10.3. The standard InChI is InChI=1S/C25H21F2N3O2/c1-14-24-17(25(31)30(14)12-15-4-6-16(32-3)7-5-15)8-9-22(28-24)19-13-29(2)23-11-21(27)20(26)10-18(19)23/h4-11,13-14H,12H2,1-3H3. The van der Waals surface area contributed by atoms with Gasteiger partial charge in [-0.15, -0.1) is 0 Å². The van der Waals surface area contributed by atoms with E-state index >= 15 is 0 Å². The largest absolute Gasteiger partial charge is 0.497 e. The van der Waals surface area contributed by atoms with Crippen molar-refractivity contribution in [2.75, 3.05) is 7.11 Å². The van der Waals surface area contributed by atoms with E-state index in [9.17, 15) is 13.6 Å². The number of pyridine rings is 1. The van der Waals surface area contributed by atoms with Gasteiger partial charge in [-0.1, -0.05) is 12.1 Å². The van der Waals surface area contributed by atoms with Crippen LogP contribution in [-0.4, -0.2) is 27.5 Å². The lowest BCUT2D eigenvalue weighted by Gasteiger charge is -2.21. The summed E-state index contributed by atoms with van der Waals surface area (Å²) < 4.78 is 34.6. The highest BCUT2D eigenvalue weighted by Crippen LogP contribution is 2.37. The van der Waals surface area contributed by atoms with E-state index in [1.54, 1.807) is 42.0 Å². The minimum Gasteiger partial charge on any atom is -0.497 e. The van der Waals surface area contributed by atoms with Crippen molar-refractivity contribution >= 4 is 16.8 Å². The highest BCUT2D eigenvalue weighted by molar-refractivity contribution is 6.00. The number of ether oxygens (including phenoxy) is 1. The molecule has 2 aromatic carbocycles. The fourth-order valence-corrected chi connectivity index (χ4v) is 4.32. The van der Waals surface area contributed by atoms with Crippen LogP contribution in [0.15, 0.2) is 54.7 Å². The van der Waals surface area contributed by atoms with E-state index in [1.807, 2.05) is 31.2 Å². The molecule has 1 amide bonds. The van der Waals surface area contributed by atoms with Gasteiger partial charge in [0.2, 0.25) is 0 Å². The number of nitrogens with zero attached hydrogens (tertiary/aromatic N) is 3. The van der Waals surface area contributed by atoms with Gasteiger partial charge in [-0.25, -0.2) is 13.8 Å². The second-order valence-corrected chi connectivity index (χ2v) is 8.02. The van der Waals surface area contributed by atoms with Gasteiger partial charge in [0.1, 0.15) is 5.75 Å². The first-order valence-corrected chi connectivity index (χ1v) is 10.3. The normalized spacial score (nSPS) is 15.5. The topological polar surface area (TPSA) is 47.4 Å². The number of methoxy groups -OCH3 is 1. The summed E-state index contributed by atoms with van der Waals surface area (Å²) in [6, 6.07) is 13.3. The van der Waals surface area contributed by atoms with Crippen molar-refractivity contribution < 1.29 is 18.3 Å². The van der Waals surface area contributed by atoms with Crippen LogP contribution in [0.25, 0.3) is 22.2 Å². The number of carbonyl (C=O) groups is 1. The second kappa shape index (κ2) is 7.44. The van der Waals surface area contributed by atoms with Crippen molar-refractivity contribution in [1.29, 1.82) is 0 Å². The molecule has 0 aliphatic carbocycles. The molecule has 7 heteroatoms. The molecule has 0 bridgehead atoms. The fraction of sp³-hybridized carbons (Fsp3) is 0.200. The van der Waals surface area contributed by atoms with Crippen molar-refractivity contribution in [1.82, 2.24) is 14.5 Å². The summed E-state index contributed by atoms with van der Waals surface area (Å²) in [6.45, 7) is 2.40. The van der Waals surface area contributed by atoms with Gasteiger partial charge >= 0.3 is 0 Å². The molecule has 0 saturated carbocycles. The Balaban J connectivity index is 1.51. The summed E-state index contributed by atoms with van der Waals surface area (Å²) in [7, 11) is 3.39. The van der Waals surface area contributed by atoms with Crippen LogP contribution in [-0.2, 0) is 13.6 Å². The number of carbonyl (C=O) groups excluding carboxylic acids is 1. The van der Waals surface area contributed by atoms with Gasteiger partial charge in [0.05, 0.1) is 35.6 Å². The Morgan fingerprint density at radius 3 is 2.47 bits per heavy atom. The van der Waals surface area contributed by atoms with Crippen LogP contribution in [0, 0.1) is 11.6 Å². The van der Waals surface area contributed by atoms with Gasteiger partial charge < -0.3 is 14.2 Å². The first-order chi connectivity index (χ1) is 15.4. The molecule has 32 heavy (non-hydrogen) atoms. The Labute approximate surface area is 183 Å². The molecular weight excluding hydrogens is 412 g/mol. The lowest BCUT2D eigenvalue weighted by atomic mass is 10.1. The fourth-order valence-electron chi connectivity index (χ4n) is 4.32. The first kappa shape index (κ1) is 20.2. The van der Waals surface area contributed by atoms with E-state index in [4.69, 9.17) is 9.72 Å². The van der Waals surface area contributed by atoms with E-state index in [-0.39, 0.29) is 11.9 Å². The quantitative estimate of drug-likeness (QED) is 0.442. The van der Waals surface area contributed by atoms with E-state index in [1.165, 1.54) is 12.1 Å². The minimum atomic E-state index is -0.902. The molecule has 162 valence electrons. The van der Waals surface area contributed by atoms with Crippen LogP contribution in [0.5, 0.6) is 5.75 Å². The Morgan fingerprint density at radius 2 is 1.75 bits per heavy atom. The number of aromatic nitrogens is 2. The zero-order valence-electron chi connectivity index (χ0n) is 17.9. The molecule has 5 nitrogen and oxygen atoms in total. The summed E-state index contributed by atoms with van der Waals surface area (Å²) in [6.07, 6.45) is 1.80. The molecule has 2 aromatic heterocycles. The maximum absolute atomic E-state index is 13.9. The maximum atomic E-state index is 13.9. The van der Waals surface area contributed by atoms with Crippen LogP contribution in [0.4, 0.5) is 8.78 Å². The SMILES string of the molecule is COc1ccc(CN2C(=O)c3ccc(-c4cn(C)c5cc(F)c(F)cc45)nc3C2C)cc1. The number of fused-ring (bicyclic) bond motifs is 2. The highest BCUT2D eigenvalue weighted by Gasteiger charge is 2.35. The molecule has 1 aliphatic heterocycles. The molecule has 0 fully saturated rings. The van der Waals surface area contributed by atoms with Crippen molar-refractivity contribution in [3.05, 3.63) is 83.2 Å². The van der Waals surface area contributed by atoms with Crippen molar-refractivity contribution in [2.24, 2.45) is 7.05 Å². The number of aryl methyl sites for hydroxylation is 1. The second-order valence-electron chi connectivity index (χ2n) is 8.02. The number of benzene rings is 2. The third-order valence-corrected chi connectivity index (χ3v) is 6.10. The zero-order valence-corrected chi connectivity index (χ0v) is 17.9. The van der Waals surface area contributed by atoms with Gasteiger partial charge in [0, 0.05) is 36.8 Å². The number of amides is 1. The highest BCUT2D eigenvalue weighted by atomic mass is 19.2. The molecule has 0 radical (unpaired) electrons. The summed E-state index contributed by atoms with van der Waals surface area (Å²) in [4.78, 5) is 19.6. The molecule has 0 N–H and O–H groups in total. The van der Waals surface area contributed by atoms with E-state index in [2.05, 4.69) is 0 Å². The maximum Gasteiger partial charge on any atom is 0.256 e. The van der Waals surface area contributed by atoms with E-state index in [0.29, 0.717) is 40.0 Å². The summed E-state index contributed by atoms with van der Waals surface area (Å²) >= 11 is 0. The Bertz CT molecular complexity index is 1360. The molecule has 4 aromatic rings. The lowest BCUT2D eigenvalue weighted by molar-refractivity contribution is 0.0722. The molecule has 3 heterocycles. The molecule has 0 spiro atoms. The third kappa shape index (κ3) is 3.12. The average Bonchev–Trinajstić information content (AvgIpc) is 3.23. The van der Waals surface area contributed by atoms with Gasteiger partial charge in [0.15, 0.2) is 11.6 Å². The van der Waals surface area contributed by atoms with Crippen LogP contribution < -0.4 is 4.74 Å². The number of hydrogen-bond donors (Lipinski definition) is 0. The van der Waals surface area contributed by atoms with Crippen LogP contribution in [0.2, 0.25) is 0 Å². The number of rotatable bonds is 4. The number of halogens is 2.